The Morgan fingerprint density at radius 2 is 1.08 bits per heavy atom. The SMILES string of the molecule is COc1cc2c3c(c1OC)OCc1cc(OC)c(OC)c(c1-3)OC2. The molecule has 0 saturated carbocycles. The van der Waals surface area contributed by atoms with Crippen molar-refractivity contribution in [3.05, 3.63) is 23.3 Å². The first-order chi connectivity index (χ1) is 11.7. The summed E-state index contributed by atoms with van der Waals surface area (Å²) in [5.41, 5.74) is 3.92. The molecule has 2 aliphatic heterocycles. The van der Waals surface area contributed by atoms with Crippen LogP contribution in [0.15, 0.2) is 12.1 Å². The molecule has 0 atom stereocenters. The molecule has 0 bridgehead atoms. The Bertz CT molecular complexity index is 758. The predicted octanol–water partition coefficient (Wildman–Crippen LogP) is 3.17. The lowest BCUT2D eigenvalue weighted by atomic mass is 9.89. The third-order valence-corrected chi connectivity index (χ3v) is 4.41. The van der Waals surface area contributed by atoms with Crippen molar-refractivity contribution in [2.45, 2.75) is 13.2 Å². The lowest BCUT2D eigenvalue weighted by Crippen LogP contribution is -2.16. The van der Waals surface area contributed by atoms with Gasteiger partial charge in [-0.1, -0.05) is 0 Å². The molecule has 4 rings (SSSR count). The van der Waals surface area contributed by atoms with Crippen LogP contribution in [0, 0.1) is 0 Å². The molecular formula is C18H18O6. The molecule has 6 heteroatoms. The van der Waals surface area contributed by atoms with Gasteiger partial charge in [-0.3, -0.25) is 0 Å². The van der Waals surface area contributed by atoms with E-state index in [9.17, 15) is 0 Å². The van der Waals surface area contributed by atoms with Gasteiger partial charge in [0.05, 0.1) is 28.4 Å². The zero-order valence-corrected chi connectivity index (χ0v) is 14.0. The highest BCUT2D eigenvalue weighted by Gasteiger charge is 2.35. The van der Waals surface area contributed by atoms with Gasteiger partial charge in [0, 0.05) is 22.3 Å². The zero-order chi connectivity index (χ0) is 16.8. The summed E-state index contributed by atoms with van der Waals surface area (Å²) in [4.78, 5) is 0. The summed E-state index contributed by atoms with van der Waals surface area (Å²) in [5, 5.41) is 0. The van der Waals surface area contributed by atoms with Gasteiger partial charge in [0.2, 0.25) is 11.5 Å². The van der Waals surface area contributed by atoms with Crippen LogP contribution in [0.1, 0.15) is 11.1 Å². The Balaban J connectivity index is 2.06. The molecule has 2 aromatic rings. The average Bonchev–Trinajstić information content (AvgIpc) is 2.64. The first-order valence-electron chi connectivity index (χ1n) is 7.55. The van der Waals surface area contributed by atoms with Crippen LogP contribution in [0.25, 0.3) is 11.1 Å². The minimum absolute atomic E-state index is 0.391. The molecule has 0 saturated heterocycles. The second-order valence-corrected chi connectivity index (χ2v) is 5.53. The fourth-order valence-electron chi connectivity index (χ4n) is 3.38. The molecule has 2 heterocycles. The van der Waals surface area contributed by atoms with Gasteiger partial charge < -0.3 is 28.4 Å². The van der Waals surface area contributed by atoms with Crippen LogP contribution in [0.4, 0.5) is 0 Å². The Hall–Kier alpha value is -2.76. The van der Waals surface area contributed by atoms with Gasteiger partial charge in [0.1, 0.15) is 13.2 Å². The van der Waals surface area contributed by atoms with E-state index < -0.39 is 0 Å². The number of rotatable bonds is 4. The molecule has 0 fully saturated rings. The molecule has 0 aromatic heterocycles. The van der Waals surface area contributed by atoms with Crippen LogP contribution in [0.2, 0.25) is 0 Å². The summed E-state index contributed by atoms with van der Waals surface area (Å²) >= 11 is 0. The number of methoxy groups -OCH3 is 4. The van der Waals surface area contributed by atoms with Crippen molar-refractivity contribution in [3.8, 4) is 45.6 Å². The highest BCUT2D eigenvalue weighted by molar-refractivity contribution is 5.90. The van der Waals surface area contributed by atoms with E-state index in [-0.39, 0.29) is 0 Å². The molecule has 2 aliphatic rings. The summed E-state index contributed by atoms with van der Waals surface area (Å²) in [6, 6.07) is 3.85. The van der Waals surface area contributed by atoms with Gasteiger partial charge in [-0.15, -0.1) is 0 Å². The molecular weight excluding hydrogens is 312 g/mol. The molecule has 126 valence electrons. The number of benzene rings is 2. The second kappa shape index (κ2) is 5.40. The van der Waals surface area contributed by atoms with Crippen LogP contribution in [0.3, 0.4) is 0 Å². The van der Waals surface area contributed by atoms with Crippen LogP contribution in [0.5, 0.6) is 34.5 Å². The summed E-state index contributed by atoms with van der Waals surface area (Å²) in [5.74, 6) is 3.78. The summed E-state index contributed by atoms with van der Waals surface area (Å²) < 4.78 is 33.9. The largest absolute Gasteiger partial charge is 0.493 e. The molecule has 2 aromatic carbocycles. The molecule has 0 unspecified atom stereocenters. The minimum Gasteiger partial charge on any atom is -0.493 e. The smallest absolute Gasteiger partial charge is 0.203 e. The van der Waals surface area contributed by atoms with Crippen LogP contribution in [-0.2, 0) is 13.2 Å². The fraction of sp³-hybridized carbons (Fsp3) is 0.333. The van der Waals surface area contributed by atoms with Gasteiger partial charge in [-0.25, -0.2) is 0 Å². The molecule has 0 radical (unpaired) electrons. The van der Waals surface area contributed by atoms with Crippen molar-refractivity contribution in [1.82, 2.24) is 0 Å². The molecule has 0 N–H and O–H groups in total. The van der Waals surface area contributed by atoms with Crippen molar-refractivity contribution in [2.24, 2.45) is 0 Å². The van der Waals surface area contributed by atoms with Gasteiger partial charge in [0.25, 0.3) is 0 Å². The van der Waals surface area contributed by atoms with Crippen molar-refractivity contribution in [1.29, 1.82) is 0 Å². The van der Waals surface area contributed by atoms with E-state index in [2.05, 4.69) is 0 Å². The van der Waals surface area contributed by atoms with Crippen LogP contribution < -0.4 is 28.4 Å². The summed E-state index contributed by atoms with van der Waals surface area (Å²) in [7, 11) is 6.43. The van der Waals surface area contributed by atoms with E-state index in [1.54, 1.807) is 28.4 Å². The Kier molecular flexibility index (Phi) is 3.33. The van der Waals surface area contributed by atoms with Crippen molar-refractivity contribution in [3.63, 3.8) is 0 Å². The lowest BCUT2D eigenvalue weighted by molar-refractivity contribution is 0.247. The Morgan fingerprint density at radius 3 is 1.42 bits per heavy atom. The third-order valence-electron chi connectivity index (χ3n) is 4.41. The van der Waals surface area contributed by atoms with E-state index in [0.717, 1.165) is 22.3 Å². The highest BCUT2D eigenvalue weighted by atomic mass is 16.5. The summed E-state index contributed by atoms with van der Waals surface area (Å²) in [6.07, 6.45) is 0. The molecule has 24 heavy (non-hydrogen) atoms. The maximum absolute atomic E-state index is 6.00. The van der Waals surface area contributed by atoms with Crippen molar-refractivity contribution < 1.29 is 28.4 Å². The van der Waals surface area contributed by atoms with E-state index in [4.69, 9.17) is 28.4 Å². The monoisotopic (exact) mass is 330 g/mol. The van der Waals surface area contributed by atoms with Gasteiger partial charge in [0.15, 0.2) is 23.0 Å². The third kappa shape index (κ3) is 1.82. The second-order valence-electron chi connectivity index (χ2n) is 5.53. The van der Waals surface area contributed by atoms with Crippen molar-refractivity contribution >= 4 is 0 Å². The fourth-order valence-corrected chi connectivity index (χ4v) is 3.38. The van der Waals surface area contributed by atoms with Gasteiger partial charge in [-0.05, 0) is 12.1 Å². The minimum atomic E-state index is 0.391. The van der Waals surface area contributed by atoms with E-state index in [0.29, 0.717) is 47.7 Å². The van der Waals surface area contributed by atoms with E-state index >= 15 is 0 Å². The molecule has 0 aliphatic carbocycles. The van der Waals surface area contributed by atoms with Crippen molar-refractivity contribution in [2.75, 3.05) is 28.4 Å². The average molecular weight is 330 g/mol. The standard InChI is InChI=1S/C18H18O6/c1-19-11-5-9-7-24-18-14-10(6-12(20-2)16(18)22-4)8-23-17(13(9)14)15(11)21-3/h5-6H,7-8H2,1-4H3. The van der Waals surface area contributed by atoms with Crippen LogP contribution >= 0.6 is 0 Å². The van der Waals surface area contributed by atoms with Gasteiger partial charge >= 0.3 is 0 Å². The lowest BCUT2D eigenvalue weighted by Gasteiger charge is -2.32. The maximum atomic E-state index is 6.00. The predicted molar refractivity (Wildman–Crippen MR) is 86.8 cm³/mol. The topological polar surface area (TPSA) is 55.4 Å². The zero-order valence-electron chi connectivity index (χ0n) is 14.0. The number of ether oxygens (including phenoxy) is 6. The highest BCUT2D eigenvalue weighted by Crippen LogP contribution is 2.58. The summed E-state index contributed by atoms with van der Waals surface area (Å²) in [6.45, 7) is 0.782. The van der Waals surface area contributed by atoms with E-state index in [1.807, 2.05) is 12.1 Å². The molecule has 6 nitrogen and oxygen atoms in total. The first kappa shape index (κ1) is 14.8. The maximum Gasteiger partial charge on any atom is 0.203 e. The Labute approximate surface area is 139 Å². The molecule has 0 spiro atoms. The van der Waals surface area contributed by atoms with Crippen LogP contribution in [-0.4, -0.2) is 28.4 Å². The van der Waals surface area contributed by atoms with E-state index in [1.165, 1.54) is 0 Å². The molecule has 0 amide bonds. The number of hydrogen-bond donors (Lipinski definition) is 0. The first-order valence-corrected chi connectivity index (χ1v) is 7.55. The van der Waals surface area contributed by atoms with Gasteiger partial charge in [-0.2, -0.15) is 0 Å². The normalized spacial score (nSPS) is 13.3. The quantitative estimate of drug-likeness (QED) is 0.858. The number of hydrogen-bond acceptors (Lipinski definition) is 6. The Morgan fingerprint density at radius 1 is 0.667 bits per heavy atom.